The van der Waals surface area contributed by atoms with Crippen LogP contribution in [0.25, 0.3) is 0 Å². The van der Waals surface area contributed by atoms with Crippen LogP contribution in [0.5, 0.6) is 0 Å². The lowest BCUT2D eigenvalue weighted by atomic mass is 9.87. The van der Waals surface area contributed by atoms with E-state index in [0.29, 0.717) is 0 Å². The summed E-state index contributed by atoms with van der Waals surface area (Å²) >= 11 is 0. The molecule has 0 saturated carbocycles. The highest BCUT2D eigenvalue weighted by Gasteiger charge is 2.12. The first kappa shape index (κ1) is 15.4. The normalized spacial score (nSPS) is 13.6. The van der Waals surface area contributed by atoms with E-state index in [0.717, 1.165) is 24.6 Å². The Hall–Kier alpha value is -0.670. The van der Waals surface area contributed by atoms with Crippen molar-refractivity contribution in [1.29, 1.82) is 0 Å². The summed E-state index contributed by atoms with van der Waals surface area (Å²) in [4.78, 5) is 0. The highest BCUT2D eigenvalue weighted by Crippen LogP contribution is 2.21. The van der Waals surface area contributed by atoms with Gasteiger partial charge in [-0.05, 0) is 16.5 Å². The molecular weight excluding hydrogens is 242 g/mol. The van der Waals surface area contributed by atoms with Crippen LogP contribution >= 0.6 is 0 Å². The van der Waals surface area contributed by atoms with E-state index in [9.17, 15) is 4.21 Å². The molecule has 0 spiro atoms. The molecule has 1 aromatic carbocycles. The van der Waals surface area contributed by atoms with Crippen LogP contribution in [0.3, 0.4) is 0 Å². The van der Waals surface area contributed by atoms with Crippen LogP contribution in [0, 0.1) is 0 Å². The molecule has 1 aromatic rings. The molecule has 0 radical (unpaired) electrons. The van der Waals surface area contributed by atoms with Gasteiger partial charge in [0.1, 0.15) is 0 Å². The van der Waals surface area contributed by atoms with Crippen molar-refractivity contribution in [2.24, 2.45) is 0 Å². The van der Waals surface area contributed by atoms with Gasteiger partial charge in [-0.1, -0.05) is 52.0 Å². The Morgan fingerprint density at radius 1 is 1.17 bits per heavy atom. The van der Waals surface area contributed by atoms with E-state index < -0.39 is 10.8 Å². The van der Waals surface area contributed by atoms with Crippen molar-refractivity contribution >= 4 is 10.8 Å². The summed E-state index contributed by atoms with van der Waals surface area (Å²) in [5, 5.41) is 3.33. The van der Waals surface area contributed by atoms with Crippen molar-refractivity contribution in [2.45, 2.75) is 39.7 Å². The Labute approximate surface area is 114 Å². The van der Waals surface area contributed by atoms with Crippen molar-refractivity contribution in [1.82, 2.24) is 5.32 Å². The second kappa shape index (κ2) is 7.05. The molecule has 0 saturated heterocycles. The van der Waals surface area contributed by atoms with Crippen LogP contribution in [0.4, 0.5) is 0 Å². The molecule has 102 valence electrons. The fourth-order valence-corrected chi connectivity index (χ4v) is 2.35. The van der Waals surface area contributed by atoms with E-state index in [1.807, 2.05) is 6.92 Å². The third-order valence-corrected chi connectivity index (χ3v) is 4.28. The summed E-state index contributed by atoms with van der Waals surface area (Å²) < 4.78 is 11.2. The smallest absolute Gasteiger partial charge is 0.0360 e. The van der Waals surface area contributed by atoms with E-state index in [2.05, 4.69) is 50.4 Å². The molecule has 1 atom stereocenters. The van der Waals surface area contributed by atoms with Gasteiger partial charge in [0.05, 0.1) is 0 Å². The number of nitrogens with one attached hydrogen (secondary N) is 1. The second-order valence-electron chi connectivity index (χ2n) is 5.56. The van der Waals surface area contributed by atoms with E-state index in [-0.39, 0.29) is 5.41 Å². The van der Waals surface area contributed by atoms with Gasteiger partial charge in [-0.15, -0.1) is 0 Å². The largest absolute Gasteiger partial charge is 0.312 e. The van der Waals surface area contributed by atoms with Gasteiger partial charge in [-0.3, -0.25) is 4.21 Å². The van der Waals surface area contributed by atoms with Crippen molar-refractivity contribution in [3.05, 3.63) is 35.4 Å². The average molecular weight is 267 g/mol. The number of hydrogen-bond acceptors (Lipinski definition) is 2. The summed E-state index contributed by atoms with van der Waals surface area (Å²) in [6, 6.07) is 8.73. The van der Waals surface area contributed by atoms with Gasteiger partial charge in [0.2, 0.25) is 0 Å². The third kappa shape index (κ3) is 5.32. The monoisotopic (exact) mass is 267 g/mol. The van der Waals surface area contributed by atoms with Gasteiger partial charge < -0.3 is 5.32 Å². The van der Waals surface area contributed by atoms with Crippen molar-refractivity contribution in [3.63, 3.8) is 0 Å². The van der Waals surface area contributed by atoms with Crippen LogP contribution in [0.1, 0.15) is 38.8 Å². The van der Waals surface area contributed by atoms with E-state index in [4.69, 9.17) is 0 Å². The molecule has 0 heterocycles. The minimum Gasteiger partial charge on any atom is -0.312 e. The van der Waals surface area contributed by atoms with Crippen LogP contribution in [0.15, 0.2) is 24.3 Å². The first-order chi connectivity index (χ1) is 8.43. The van der Waals surface area contributed by atoms with Crippen LogP contribution in [-0.2, 0) is 22.8 Å². The maximum atomic E-state index is 11.2. The molecule has 1 rings (SSSR count). The molecule has 18 heavy (non-hydrogen) atoms. The highest BCUT2D eigenvalue weighted by atomic mass is 32.2. The van der Waals surface area contributed by atoms with Gasteiger partial charge in [0, 0.05) is 35.4 Å². The highest BCUT2D eigenvalue weighted by molar-refractivity contribution is 7.84. The Morgan fingerprint density at radius 2 is 1.78 bits per heavy atom. The first-order valence-corrected chi connectivity index (χ1v) is 8.07. The van der Waals surface area contributed by atoms with Gasteiger partial charge in [0.25, 0.3) is 0 Å². The second-order valence-corrected chi connectivity index (χ2v) is 7.42. The quantitative estimate of drug-likeness (QED) is 0.803. The van der Waals surface area contributed by atoms with Gasteiger partial charge in [-0.2, -0.15) is 0 Å². The maximum Gasteiger partial charge on any atom is 0.0360 e. The number of hydrogen-bond donors (Lipinski definition) is 1. The molecule has 1 unspecified atom stereocenters. The van der Waals surface area contributed by atoms with E-state index in [1.54, 1.807) is 0 Å². The number of rotatable bonds is 6. The van der Waals surface area contributed by atoms with Gasteiger partial charge >= 0.3 is 0 Å². The molecule has 0 aromatic heterocycles. The first-order valence-electron chi connectivity index (χ1n) is 6.58. The van der Waals surface area contributed by atoms with E-state index >= 15 is 0 Å². The summed E-state index contributed by atoms with van der Waals surface area (Å²) in [6.45, 7) is 10.3. The third-order valence-electron chi connectivity index (χ3n) is 2.98. The van der Waals surface area contributed by atoms with Crippen LogP contribution in [0.2, 0.25) is 0 Å². The fourth-order valence-electron chi connectivity index (χ4n) is 1.69. The summed E-state index contributed by atoms with van der Waals surface area (Å²) in [5.74, 6) is 1.50. The van der Waals surface area contributed by atoms with Crippen LogP contribution in [-0.4, -0.2) is 22.3 Å². The molecular formula is C15H25NOS. The summed E-state index contributed by atoms with van der Waals surface area (Å²) in [5.41, 5.74) is 2.85. The Kier molecular flexibility index (Phi) is 6.03. The zero-order valence-electron chi connectivity index (χ0n) is 12.0. The predicted octanol–water partition coefficient (Wildman–Crippen LogP) is 2.84. The molecule has 2 nitrogen and oxygen atoms in total. The zero-order valence-corrected chi connectivity index (χ0v) is 12.8. The Balaban J connectivity index is 2.38. The molecule has 0 aliphatic heterocycles. The average Bonchev–Trinajstić information content (AvgIpc) is 2.33. The Bertz CT molecular complexity index is 378. The molecule has 0 aliphatic carbocycles. The van der Waals surface area contributed by atoms with Crippen LogP contribution < -0.4 is 5.32 Å². The lowest BCUT2D eigenvalue weighted by Gasteiger charge is -2.19. The molecule has 3 heteroatoms. The maximum absolute atomic E-state index is 11.2. The Morgan fingerprint density at radius 3 is 2.28 bits per heavy atom. The minimum atomic E-state index is -0.663. The summed E-state index contributed by atoms with van der Waals surface area (Å²) in [6.07, 6.45) is 0. The molecule has 1 N–H and O–H groups in total. The summed E-state index contributed by atoms with van der Waals surface area (Å²) in [7, 11) is -0.663. The molecule has 0 bridgehead atoms. The molecule has 0 aliphatic rings. The van der Waals surface area contributed by atoms with Gasteiger partial charge in [0.15, 0.2) is 0 Å². The predicted molar refractivity (Wildman–Crippen MR) is 80.4 cm³/mol. The SMILES string of the molecule is CCS(=O)CCNCc1ccc(C(C)(C)C)cc1. The molecule has 0 amide bonds. The fraction of sp³-hybridized carbons (Fsp3) is 0.600. The van der Waals surface area contributed by atoms with Crippen molar-refractivity contribution in [2.75, 3.05) is 18.1 Å². The van der Waals surface area contributed by atoms with Gasteiger partial charge in [-0.25, -0.2) is 0 Å². The van der Waals surface area contributed by atoms with Crippen molar-refractivity contribution < 1.29 is 4.21 Å². The number of benzene rings is 1. The zero-order chi connectivity index (χ0) is 13.6. The lowest BCUT2D eigenvalue weighted by Crippen LogP contribution is -2.20. The topological polar surface area (TPSA) is 29.1 Å². The lowest BCUT2D eigenvalue weighted by molar-refractivity contribution is 0.589. The standard InChI is InChI=1S/C15H25NOS/c1-5-18(17)11-10-16-12-13-6-8-14(9-7-13)15(2,3)4/h6-9,16H,5,10-12H2,1-4H3. The van der Waals surface area contributed by atoms with E-state index in [1.165, 1.54) is 11.1 Å². The minimum absolute atomic E-state index is 0.212. The molecule has 0 fully saturated rings. The van der Waals surface area contributed by atoms with Crippen molar-refractivity contribution in [3.8, 4) is 0 Å².